The second-order valence-electron chi connectivity index (χ2n) is 4.32. The Morgan fingerprint density at radius 2 is 1.88 bits per heavy atom. The van der Waals surface area contributed by atoms with E-state index < -0.39 is 0 Å². The van der Waals surface area contributed by atoms with Crippen molar-refractivity contribution in [1.29, 1.82) is 0 Å². The third kappa shape index (κ3) is 4.64. The first-order chi connectivity index (χ1) is 7.74. The highest BCUT2D eigenvalue weighted by Crippen LogP contribution is 2.08. The summed E-state index contributed by atoms with van der Waals surface area (Å²) in [6.07, 6.45) is 5.43. The SMILES string of the molecule is CCCCCNC(=O)CC(=O)N1CCCC1. The minimum Gasteiger partial charge on any atom is -0.356 e. The molecule has 92 valence electrons. The third-order valence-electron chi connectivity index (χ3n) is 2.87. The van der Waals surface area contributed by atoms with Gasteiger partial charge in [0.25, 0.3) is 0 Å². The van der Waals surface area contributed by atoms with Crippen LogP contribution in [0.1, 0.15) is 45.4 Å². The van der Waals surface area contributed by atoms with Crippen LogP contribution in [0.2, 0.25) is 0 Å². The van der Waals surface area contributed by atoms with Crippen molar-refractivity contribution in [2.75, 3.05) is 19.6 Å². The lowest BCUT2D eigenvalue weighted by Gasteiger charge is -2.14. The number of carbonyl (C=O) groups is 2. The topological polar surface area (TPSA) is 49.4 Å². The summed E-state index contributed by atoms with van der Waals surface area (Å²) >= 11 is 0. The van der Waals surface area contributed by atoms with E-state index in [2.05, 4.69) is 12.2 Å². The number of likely N-dealkylation sites (tertiary alicyclic amines) is 1. The molecule has 0 unspecified atom stereocenters. The Balaban J connectivity index is 2.10. The zero-order chi connectivity index (χ0) is 11.8. The maximum Gasteiger partial charge on any atom is 0.232 e. The summed E-state index contributed by atoms with van der Waals surface area (Å²) in [5, 5.41) is 2.79. The number of amides is 2. The average Bonchev–Trinajstić information content (AvgIpc) is 2.77. The Bertz CT molecular complexity index is 235. The van der Waals surface area contributed by atoms with Crippen LogP contribution in [0.15, 0.2) is 0 Å². The molecular weight excluding hydrogens is 204 g/mol. The summed E-state index contributed by atoms with van der Waals surface area (Å²) in [6, 6.07) is 0. The first kappa shape index (κ1) is 13.0. The highest BCUT2D eigenvalue weighted by atomic mass is 16.2. The molecule has 1 saturated heterocycles. The first-order valence-corrected chi connectivity index (χ1v) is 6.28. The Morgan fingerprint density at radius 1 is 1.19 bits per heavy atom. The molecule has 0 aliphatic carbocycles. The fourth-order valence-corrected chi connectivity index (χ4v) is 1.88. The minimum absolute atomic E-state index is 0.0200. The molecule has 4 nitrogen and oxygen atoms in total. The van der Waals surface area contributed by atoms with Gasteiger partial charge in [0.05, 0.1) is 0 Å². The van der Waals surface area contributed by atoms with Crippen LogP contribution in [-0.2, 0) is 9.59 Å². The lowest BCUT2D eigenvalue weighted by atomic mass is 10.2. The normalized spacial score (nSPS) is 15.2. The molecule has 0 atom stereocenters. The van der Waals surface area contributed by atoms with E-state index in [1.807, 2.05) is 0 Å². The van der Waals surface area contributed by atoms with Crippen LogP contribution >= 0.6 is 0 Å². The maximum absolute atomic E-state index is 11.6. The van der Waals surface area contributed by atoms with Crippen LogP contribution < -0.4 is 5.32 Å². The average molecular weight is 226 g/mol. The number of hydrogen-bond donors (Lipinski definition) is 1. The van der Waals surface area contributed by atoms with Crippen molar-refractivity contribution in [3.63, 3.8) is 0 Å². The van der Waals surface area contributed by atoms with E-state index in [0.717, 1.165) is 45.2 Å². The summed E-state index contributed by atoms with van der Waals surface area (Å²) in [5.41, 5.74) is 0. The van der Waals surface area contributed by atoms with Gasteiger partial charge in [0.1, 0.15) is 6.42 Å². The molecule has 1 heterocycles. The highest BCUT2D eigenvalue weighted by Gasteiger charge is 2.19. The van der Waals surface area contributed by atoms with E-state index in [1.54, 1.807) is 4.90 Å². The summed E-state index contributed by atoms with van der Waals surface area (Å²) in [7, 11) is 0. The lowest BCUT2D eigenvalue weighted by molar-refractivity contribution is -0.135. The van der Waals surface area contributed by atoms with Crippen molar-refractivity contribution in [3.8, 4) is 0 Å². The molecule has 1 N–H and O–H groups in total. The Labute approximate surface area is 97.4 Å². The number of hydrogen-bond acceptors (Lipinski definition) is 2. The molecule has 1 rings (SSSR count). The van der Waals surface area contributed by atoms with E-state index in [0.29, 0.717) is 6.54 Å². The Kier molecular flexibility index (Phi) is 5.90. The zero-order valence-electron chi connectivity index (χ0n) is 10.1. The maximum atomic E-state index is 11.6. The highest BCUT2D eigenvalue weighted by molar-refractivity contribution is 5.96. The molecule has 4 heteroatoms. The number of rotatable bonds is 6. The van der Waals surface area contributed by atoms with Gasteiger partial charge in [0, 0.05) is 19.6 Å². The smallest absolute Gasteiger partial charge is 0.232 e. The molecule has 0 spiro atoms. The fraction of sp³-hybridized carbons (Fsp3) is 0.833. The van der Waals surface area contributed by atoms with Crippen LogP contribution in [0.4, 0.5) is 0 Å². The summed E-state index contributed by atoms with van der Waals surface area (Å²) < 4.78 is 0. The summed E-state index contributed by atoms with van der Waals surface area (Å²) in [6.45, 7) is 4.46. The van der Waals surface area contributed by atoms with E-state index >= 15 is 0 Å². The van der Waals surface area contributed by atoms with E-state index in [9.17, 15) is 9.59 Å². The van der Waals surface area contributed by atoms with Crippen LogP contribution in [0.3, 0.4) is 0 Å². The van der Waals surface area contributed by atoms with Gasteiger partial charge in [-0.2, -0.15) is 0 Å². The van der Waals surface area contributed by atoms with Gasteiger partial charge >= 0.3 is 0 Å². The molecule has 2 amide bonds. The third-order valence-corrected chi connectivity index (χ3v) is 2.87. The fourth-order valence-electron chi connectivity index (χ4n) is 1.88. The predicted molar refractivity (Wildman–Crippen MR) is 63.0 cm³/mol. The van der Waals surface area contributed by atoms with Crippen LogP contribution in [0, 0.1) is 0 Å². The Morgan fingerprint density at radius 3 is 2.50 bits per heavy atom. The number of unbranched alkanes of at least 4 members (excludes halogenated alkanes) is 2. The molecule has 0 aromatic carbocycles. The number of nitrogens with zero attached hydrogens (tertiary/aromatic N) is 1. The molecule has 0 saturated carbocycles. The van der Waals surface area contributed by atoms with Gasteiger partial charge in [-0.25, -0.2) is 0 Å². The molecule has 1 aliphatic rings. The van der Waals surface area contributed by atoms with Gasteiger partial charge in [0.2, 0.25) is 11.8 Å². The van der Waals surface area contributed by atoms with E-state index in [1.165, 1.54) is 0 Å². The largest absolute Gasteiger partial charge is 0.356 e. The monoisotopic (exact) mass is 226 g/mol. The van der Waals surface area contributed by atoms with Crippen molar-refractivity contribution in [2.24, 2.45) is 0 Å². The molecule has 0 aromatic rings. The molecule has 1 aliphatic heterocycles. The van der Waals surface area contributed by atoms with Crippen molar-refractivity contribution in [2.45, 2.75) is 45.4 Å². The predicted octanol–water partition coefficient (Wildman–Crippen LogP) is 1.31. The molecule has 1 fully saturated rings. The van der Waals surface area contributed by atoms with Gasteiger partial charge in [0.15, 0.2) is 0 Å². The Hall–Kier alpha value is -1.06. The van der Waals surface area contributed by atoms with Crippen LogP contribution in [0.25, 0.3) is 0 Å². The standard InChI is InChI=1S/C12H22N2O2/c1-2-3-4-7-13-11(15)10-12(16)14-8-5-6-9-14/h2-10H2,1H3,(H,13,15). The van der Waals surface area contributed by atoms with Crippen LogP contribution in [-0.4, -0.2) is 36.3 Å². The minimum atomic E-state index is -0.131. The zero-order valence-corrected chi connectivity index (χ0v) is 10.1. The second kappa shape index (κ2) is 7.25. The van der Waals surface area contributed by atoms with Gasteiger partial charge in [-0.3, -0.25) is 9.59 Å². The van der Waals surface area contributed by atoms with Crippen molar-refractivity contribution < 1.29 is 9.59 Å². The summed E-state index contributed by atoms with van der Waals surface area (Å²) in [4.78, 5) is 24.8. The second-order valence-corrected chi connectivity index (χ2v) is 4.32. The molecule has 0 radical (unpaired) electrons. The van der Waals surface area contributed by atoms with Gasteiger partial charge in [-0.1, -0.05) is 19.8 Å². The van der Waals surface area contributed by atoms with Gasteiger partial charge in [-0.05, 0) is 19.3 Å². The van der Waals surface area contributed by atoms with E-state index in [-0.39, 0.29) is 18.2 Å². The lowest BCUT2D eigenvalue weighted by Crippen LogP contribution is -2.34. The van der Waals surface area contributed by atoms with Crippen molar-refractivity contribution >= 4 is 11.8 Å². The van der Waals surface area contributed by atoms with Crippen molar-refractivity contribution in [1.82, 2.24) is 10.2 Å². The quantitative estimate of drug-likeness (QED) is 0.548. The molecule has 0 aromatic heterocycles. The van der Waals surface area contributed by atoms with Gasteiger partial charge in [-0.15, -0.1) is 0 Å². The van der Waals surface area contributed by atoms with Crippen LogP contribution in [0.5, 0.6) is 0 Å². The van der Waals surface area contributed by atoms with Crippen molar-refractivity contribution in [3.05, 3.63) is 0 Å². The molecule has 16 heavy (non-hydrogen) atoms. The van der Waals surface area contributed by atoms with E-state index in [4.69, 9.17) is 0 Å². The first-order valence-electron chi connectivity index (χ1n) is 6.28. The number of nitrogens with one attached hydrogen (secondary N) is 1. The molecular formula is C12H22N2O2. The number of carbonyl (C=O) groups excluding carboxylic acids is 2. The van der Waals surface area contributed by atoms with Gasteiger partial charge < -0.3 is 10.2 Å². The molecule has 0 bridgehead atoms. The summed E-state index contributed by atoms with van der Waals surface area (Å²) in [5.74, 6) is -0.154.